The Hall–Kier alpha value is -1.49. The number of carbonyl (C=O) groups is 1. The van der Waals surface area contributed by atoms with E-state index in [-0.39, 0.29) is 5.91 Å². The molecule has 3 nitrogen and oxygen atoms in total. The average molecular weight is 296 g/mol. The molecule has 1 amide bonds. The van der Waals surface area contributed by atoms with E-state index >= 15 is 0 Å². The van der Waals surface area contributed by atoms with Crippen molar-refractivity contribution in [2.75, 3.05) is 19.6 Å². The van der Waals surface area contributed by atoms with Crippen molar-refractivity contribution in [3.63, 3.8) is 0 Å². The van der Waals surface area contributed by atoms with Gasteiger partial charge in [-0.25, -0.2) is 8.78 Å². The van der Waals surface area contributed by atoms with Crippen molar-refractivity contribution in [3.8, 4) is 0 Å². The van der Waals surface area contributed by atoms with Crippen LogP contribution >= 0.6 is 0 Å². The van der Waals surface area contributed by atoms with Crippen molar-refractivity contribution in [1.29, 1.82) is 0 Å². The molecular formula is C16H22F2N2O. The van der Waals surface area contributed by atoms with E-state index in [1.807, 2.05) is 0 Å². The fraction of sp³-hybridized carbons (Fsp3) is 0.562. The molecule has 1 aliphatic rings. The summed E-state index contributed by atoms with van der Waals surface area (Å²) in [4.78, 5) is 11.7. The molecule has 0 saturated carbocycles. The van der Waals surface area contributed by atoms with Crippen molar-refractivity contribution in [2.24, 2.45) is 5.92 Å². The normalized spacial score (nSPS) is 15.9. The van der Waals surface area contributed by atoms with Gasteiger partial charge >= 0.3 is 0 Å². The molecule has 1 aromatic rings. The van der Waals surface area contributed by atoms with Crippen LogP contribution in [0.15, 0.2) is 18.2 Å². The van der Waals surface area contributed by atoms with E-state index in [0.29, 0.717) is 30.9 Å². The van der Waals surface area contributed by atoms with Crippen molar-refractivity contribution in [3.05, 3.63) is 35.4 Å². The van der Waals surface area contributed by atoms with Gasteiger partial charge in [0, 0.05) is 13.0 Å². The predicted molar refractivity (Wildman–Crippen MR) is 77.9 cm³/mol. The van der Waals surface area contributed by atoms with Gasteiger partial charge < -0.3 is 10.6 Å². The van der Waals surface area contributed by atoms with Gasteiger partial charge in [-0.3, -0.25) is 4.79 Å². The molecule has 0 spiro atoms. The van der Waals surface area contributed by atoms with E-state index in [0.717, 1.165) is 38.4 Å². The number of halogens is 2. The standard InChI is InChI=1S/C16H22F2N2O/c17-14-3-1-2-13(16(14)18)8-11-20-15(21)5-4-12-6-9-19-10-7-12/h1-3,12,19H,4-11H2,(H,20,21). The van der Waals surface area contributed by atoms with E-state index < -0.39 is 11.6 Å². The van der Waals surface area contributed by atoms with Crippen LogP contribution in [0, 0.1) is 17.6 Å². The Morgan fingerprint density at radius 1 is 1.29 bits per heavy atom. The third kappa shape index (κ3) is 5.08. The molecule has 1 saturated heterocycles. The van der Waals surface area contributed by atoms with Crippen LogP contribution in [0.2, 0.25) is 0 Å². The molecule has 1 aromatic carbocycles. The van der Waals surface area contributed by atoms with Crippen LogP contribution in [0.3, 0.4) is 0 Å². The Bertz CT molecular complexity index is 473. The second kappa shape index (κ2) is 8.08. The maximum atomic E-state index is 13.4. The molecule has 0 bridgehead atoms. The highest BCUT2D eigenvalue weighted by atomic mass is 19.2. The molecule has 5 heteroatoms. The second-order valence-electron chi connectivity index (χ2n) is 5.54. The highest BCUT2D eigenvalue weighted by Gasteiger charge is 2.14. The van der Waals surface area contributed by atoms with Crippen molar-refractivity contribution in [2.45, 2.75) is 32.1 Å². The largest absolute Gasteiger partial charge is 0.356 e. The zero-order valence-electron chi connectivity index (χ0n) is 12.1. The Kier molecular flexibility index (Phi) is 6.11. The average Bonchev–Trinajstić information content (AvgIpc) is 2.50. The summed E-state index contributed by atoms with van der Waals surface area (Å²) in [6, 6.07) is 4.11. The van der Waals surface area contributed by atoms with Gasteiger partial charge in [-0.15, -0.1) is 0 Å². The number of piperidine rings is 1. The van der Waals surface area contributed by atoms with Crippen molar-refractivity contribution in [1.82, 2.24) is 10.6 Å². The summed E-state index contributed by atoms with van der Waals surface area (Å²) in [5.74, 6) is -1.05. The van der Waals surface area contributed by atoms with Crippen molar-refractivity contribution < 1.29 is 13.6 Å². The lowest BCUT2D eigenvalue weighted by atomic mass is 9.93. The molecule has 116 valence electrons. The number of hydrogen-bond donors (Lipinski definition) is 2. The first-order chi connectivity index (χ1) is 10.2. The molecule has 2 rings (SSSR count). The Morgan fingerprint density at radius 3 is 2.81 bits per heavy atom. The van der Waals surface area contributed by atoms with E-state index in [2.05, 4.69) is 10.6 Å². The zero-order valence-corrected chi connectivity index (χ0v) is 12.1. The maximum absolute atomic E-state index is 13.4. The van der Waals surface area contributed by atoms with E-state index in [9.17, 15) is 13.6 Å². The van der Waals surface area contributed by atoms with Crippen LogP contribution in [-0.4, -0.2) is 25.5 Å². The predicted octanol–water partition coefficient (Wildman–Crippen LogP) is 2.40. The van der Waals surface area contributed by atoms with Crippen molar-refractivity contribution >= 4 is 5.91 Å². The number of carbonyl (C=O) groups excluding carboxylic acids is 1. The number of nitrogens with one attached hydrogen (secondary N) is 2. The molecule has 0 aliphatic carbocycles. The minimum atomic E-state index is -0.843. The van der Waals surface area contributed by atoms with Gasteiger partial charge in [-0.05, 0) is 56.3 Å². The van der Waals surface area contributed by atoms with E-state index in [1.165, 1.54) is 6.07 Å². The van der Waals surface area contributed by atoms with Gasteiger partial charge in [0.15, 0.2) is 11.6 Å². The Labute approximate surface area is 124 Å². The first kappa shape index (κ1) is 15.9. The van der Waals surface area contributed by atoms with Crippen LogP contribution in [0.25, 0.3) is 0 Å². The third-order valence-corrected chi connectivity index (χ3v) is 3.99. The molecule has 0 atom stereocenters. The van der Waals surface area contributed by atoms with Crippen LogP contribution in [0.5, 0.6) is 0 Å². The fourth-order valence-corrected chi connectivity index (χ4v) is 2.67. The molecule has 0 unspecified atom stereocenters. The fourth-order valence-electron chi connectivity index (χ4n) is 2.67. The highest BCUT2D eigenvalue weighted by molar-refractivity contribution is 5.75. The Morgan fingerprint density at radius 2 is 2.05 bits per heavy atom. The summed E-state index contributed by atoms with van der Waals surface area (Å²) in [6.45, 7) is 2.40. The minimum absolute atomic E-state index is 0.00894. The first-order valence-corrected chi connectivity index (χ1v) is 7.57. The third-order valence-electron chi connectivity index (χ3n) is 3.99. The maximum Gasteiger partial charge on any atom is 0.220 e. The summed E-state index contributed by atoms with van der Waals surface area (Å²) >= 11 is 0. The quantitative estimate of drug-likeness (QED) is 0.846. The number of hydrogen-bond acceptors (Lipinski definition) is 2. The van der Waals surface area contributed by atoms with Gasteiger partial charge in [0.1, 0.15) is 0 Å². The molecule has 2 N–H and O–H groups in total. The van der Waals surface area contributed by atoms with E-state index in [1.54, 1.807) is 6.07 Å². The topological polar surface area (TPSA) is 41.1 Å². The molecule has 1 heterocycles. The highest BCUT2D eigenvalue weighted by Crippen LogP contribution is 2.17. The van der Waals surface area contributed by atoms with Crippen LogP contribution in [0.4, 0.5) is 8.78 Å². The number of amides is 1. The number of benzene rings is 1. The smallest absolute Gasteiger partial charge is 0.220 e. The van der Waals surface area contributed by atoms with Crippen LogP contribution in [0.1, 0.15) is 31.2 Å². The zero-order chi connectivity index (χ0) is 15.1. The summed E-state index contributed by atoms with van der Waals surface area (Å²) in [5.41, 5.74) is 0.300. The summed E-state index contributed by atoms with van der Waals surface area (Å²) in [7, 11) is 0. The monoisotopic (exact) mass is 296 g/mol. The molecule has 0 aromatic heterocycles. The molecule has 0 radical (unpaired) electrons. The van der Waals surface area contributed by atoms with Gasteiger partial charge in [0.25, 0.3) is 0 Å². The lowest BCUT2D eigenvalue weighted by Gasteiger charge is -2.22. The summed E-state index contributed by atoms with van der Waals surface area (Å²) in [5, 5.41) is 6.07. The van der Waals surface area contributed by atoms with E-state index in [4.69, 9.17) is 0 Å². The van der Waals surface area contributed by atoms with Gasteiger partial charge in [-0.2, -0.15) is 0 Å². The molecule has 21 heavy (non-hydrogen) atoms. The SMILES string of the molecule is O=C(CCC1CCNCC1)NCCc1cccc(F)c1F. The van der Waals surface area contributed by atoms with Gasteiger partial charge in [-0.1, -0.05) is 12.1 Å². The lowest BCUT2D eigenvalue weighted by Crippen LogP contribution is -2.30. The second-order valence-corrected chi connectivity index (χ2v) is 5.54. The lowest BCUT2D eigenvalue weighted by molar-refractivity contribution is -0.121. The molecule has 1 fully saturated rings. The Balaban J connectivity index is 1.65. The first-order valence-electron chi connectivity index (χ1n) is 7.57. The summed E-state index contributed by atoms with van der Waals surface area (Å²) in [6.07, 6.45) is 3.98. The summed E-state index contributed by atoms with van der Waals surface area (Å²) < 4.78 is 26.4. The molecule has 1 aliphatic heterocycles. The number of rotatable bonds is 6. The van der Waals surface area contributed by atoms with Crippen LogP contribution in [-0.2, 0) is 11.2 Å². The van der Waals surface area contributed by atoms with Crippen LogP contribution < -0.4 is 10.6 Å². The van der Waals surface area contributed by atoms with Gasteiger partial charge in [0.2, 0.25) is 5.91 Å². The molecular weight excluding hydrogens is 274 g/mol. The van der Waals surface area contributed by atoms with Gasteiger partial charge in [0.05, 0.1) is 0 Å². The minimum Gasteiger partial charge on any atom is -0.356 e.